The van der Waals surface area contributed by atoms with Crippen molar-refractivity contribution in [3.05, 3.63) is 65.2 Å². The molecule has 1 heterocycles. The molecule has 6 nitrogen and oxygen atoms in total. The molecule has 0 aromatic heterocycles. The molecular formula is C26H30F2N4O2. The van der Waals surface area contributed by atoms with Crippen LogP contribution in [0.2, 0.25) is 0 Å². The molecule has 0 bridgehead atoms. The van der Waals surface area contributed by atoms with Gasteiger partial charge in [0.2, 0.25) is 0 Å². The van der Waals surface area contributed by atoms with Gasteiger partial charge in [-0.3, -0.25) is 0 Å². The molecule has 4 rings (SSSR count). The third-order valence-corrected chi connectivity index (χ3v) is 6.98. The van der Waals surface area contributed by atoms with Crippen LogP contribution in [0.25, 0.3) is 0 Å². The number of nitrogens with zero attached hydrogens (tertiary/aromatic N) is 3. The number of rotatable bonds is 6. The van der Waals surface area contributed by atoms with Crippen LogP contribution in [0, 0.1) is 23.0 Å². The fraction of sp³-hybridized carbons (Fsp3) is 0.462. The van der Waals surface area contributed by atoms with E-state index in [1.165, 1.54) is 0 Å². The van der Waals surface area contributed by atoms with Crippen LogP contribution in [0.3, 0.4) is 0 Å². The predicted octanol–water partition coefficient (Wildman–Crippen LogP) is 4.60. The summed E-state index contributed by atoms with van der Waals surface area (Å²) < 4.78 is 27.3. The lowest BCUT2D eigenvalue weighted by Crippen LogP contribution is -2.49. The van der Waals surface area contributed by atoms with E-state index < -0.39 is 23.3 Å². The summed E-state index contributed by atoms with van der Waals surface area (Å²) in [5.41, 5.74) is 0.246. The van der Waals surface area contributed by atoms with Gasteiger partial charge in [-0.05, 0) is 81.4 Å². The molecule has 2 aromatic carbocycles. The molecule has 0 atom stereocenters. The summed E-state index contributed by atoms with van der Waals surface area (Å²) in [7, 11) is 0. The highest BCUT2D eigenvalue weighted by Gasteiger charge is 2.38. The first-order valence-electron chi connectivity index (χ1n) is 11.9. The van der Waals surface area contributed by atoms with Crippen molar-refractivity contribution in [2.24, 2.45) is 0 Å². The Morgan fingerprint density at radius 3 is 2.47 bits per heavy atom. The minimum absolute atomic E-state index is 0.0781. The number of anilines is 1. The molecule has 0 spiro atoms. The molecular weight excluding hydrogens is 438 g/mol. The highest BCUT2D eigenvalue weighted by atomic mass is 19.1. The van der Waals surface area contributed by atoms with E-state index in [0.717, 1.165) is 50.7 Å². The summed E-state index contributed by atoms with van der Waals surface area (Å²) in [6, 6.07) is 11.6. The number of urea groups is 1. The van der Waals surface area contributed by atoms with Crippen molar-refractivity contribution >= 4 is 11.7 Å². The van der Waals surface area contributed by atoms with Crippen molar-refractivity contribution in [1.82, 2.24) is 9.80 Å². The van der Waals surface area contributed by atoms with E-state index in [0.29, 0.717) is 43.4 Å². The maximum absolute atomic E-state index is 13.6. The van der Waals surface area contributed by atoms with Gasteiger partial charge in [0.1, 0.15) is 11.6 Å². The molecule has 0 unspecified atom stereocenters. The Kier molecular flexibility index (Phi) is 7.44. The molecule has 2 aliphatic rings. The van der Waals surface area contributed by atoms with Crippen molar-refractivity contribution < 1.29 is 18.7 Å². The maximum Gasteiger partial charge on any atom is 0.322 e. The summed E-state index contributed by atoms with van der Waals surface area (Å²) in [6.07, 6.45) is 4.36. The normalized spacial score (nSPS) is 22.8. The number of hydrogen-bond donors (Lipinski definition) is 2. The van der Waals surface area contributed by atoms with Crippen molar-refractivity contribution in [2.75, 3.05) is 31.5 Å². The standard InChI is InChI=1S/C26H30F2N4O2/c27-21-15-22(28)17-23(16-21)30-25(33)32(13-12-31-10-1-2-11-31)24-6-8-26(34,9-7-24)20-5-3-4-19(14-20)18-29/h3-5,14-17,24,34H,1-2,6-13H2,(H,30,33). The van der Waals surface area contributed by atoms with Gasteiger partial charge in [-0.1, -0.05) is 12.1 Å². The summed E-state index contributed by atoms with van der Waals surface area (Å²) in [4.78, 5) is 17.3. The molecule has 1 aliphatic heterocycles. The number of nitriles is 1. The zero-order valence-corrected chi connectivity index (χ0v) is 19.1. The Labute approximate surface area is 198 Å². The molecule has 1 saturated carbocycles. The minimum Gasteiger partial charge on any atom is -0.385 e. The summed E-state index contributed by atoms with van der Waals surface area (Å²) in [6.45, 7) is 3.24. The molecule has 180 valence electrons. The first-order valence-corrected chi connectivity index (χ1v) is 11.9. The number of carbonyl (C=O) groups excluding carboxylic acids is 1. The van der Waals surface area contributed by atoms with Crippen LogP contribution >= 0.6 is 0 Å². The second kappa shape index (κ2) is 10.5. The third kappa shape index (κ3) is 5.72. The van der Waals surface area contributed by atoms with Crippen LogP contribution in [0.1, 0.15) is 49.7 Å². The monoisotopic (exact) mass is 468 g/mol. The van der Waals surface area contributed by atoms with E-state index in [9.17, 15) is 23.9 Å². The average Bonchev–Trinajstić information content (AvgIpc) is 3.33. The Balaban J connectivity index is 1.47. The number of carbonyl (C=O) groups is 1. The predicted molar refractivity (Wildman–Crippen MR) is 125 cm³/mol. The number of aliphatic hydroxyl groups is 1. The van der Waals surface area contributed by atoms with Crippen molar-refractivity contribution in [3.8, 4) is 6.07 Å². The molecule has 2 fully saturated rings. The molecule has 34 heavy (non-hydrogen) atoms. The van der Waals surface area contributed by atoms with Gasteiger partial charge < -0.3 is 20.2 Å². The average molecular weight is 469 g/mol. The summed E-state index contributed by atoms with van der Waals surface area (Å²) >= 11 is 0. The fourth-order valence-corrected chi connectivity index (χ4v) is 5.09. The van der Waals surface area contributed by atoms with E-state index in [4.69, 9.17) is 0 Å². The van der Waals surface area contributed by atoms with E-state index >= 15 is 0 Å². The number of hydrogen-bond acceptors (Lipinski definition) is 4. The van der Waals surface area contributed by atoms with Crippen LogP contribution in [-0.4, -0.2) is 53.2 Å². The molecule has 1 aliphatic carbocycles. The lowest BCUT2D eigenvalue weighted by atomic mass is 9.77. The Morgan fingerprint density at radius 2 is 1.82 bits per heavy atom. The van der Waals surface area contributed by atoms with Gasteiger partial charge in [-0.15, -0.1) is 0 Å². The lowest BCUT2D eigenvalue weighted by Gasteiger charge is -2.41. The zero-order valence-electron chi connectivity index (χ0n) is 19.1. The summed E-state index contributed by atoms with van der Waals surface area (Å²) in [5.74, 6) is -1.50. The van der Waals surface area contributed by atoms with Gasteiger partial charge >= 0.3 is 6.03 Å². The van der Waals surface area contributed by atoms with Crippen molar-refractivity contribution in [3.63, 3.8) is 0 Å². The van der Waals surface area contributed by atoms with Crippen LogP contribution in [0.4, 0.5) is 19.3 Å². The second-order valence-corrected chi connectivity index (χ2v) is 9.29. The Morgan fingerprint density at radius 1 is 1.15 bits per heavy atom. The van der Waals surface area contributed by atoms with Crippen LogP contribution in [-0.2, 0) is 5.60 Å². The highest BCUT2D eigenvalue weighted by molar-refractivity contribution is 5.89. The first-order chi connectivity index (χ1) is 16.4. The second-order valence-electron chi connectivity index (χ2n) is 9.29. The first kappa shape index (κ1) is 24.1. The lowest BCUT2D eigenvalue weighted by molar-refractivity contribution is -0.0198. The molecule has 0 radical (unpaired) electrons. The molecule has 1 saturated heterocycles. The molecule has 8 heteroatoms. The maximum atomic E-state index is 13.6. The number of likely N-dealkylation sites (tertiary alicyclic amines) is 1. The van der Waals surface area contributed by atoms with Gasteiger partial charge in [-0.25, -0.2) is 13.6 Å². The number of benzene rings is 2. The van der Waals surface area contributed by atoms with Gasteiger partial charge in [-0.2, -0.15) is 5.26 Å². The SMILES string of the molecule is N#Cc1cccc(C2(O)CCC(N(CCN3CCCC3)C(=O)Nc3cc(F)cc(F)c3)CC2)c1. The van der Waals surface area contributed by atoms with Gasteiger partial charge in [0.15, 0.2) is 0 Å². The fourth-order valence-electron chi connectivity index (χ4n) is 5.09. The molecule has 2 N–H and O–H groups in total. The largest absolute Gasteiger partial charge is 0.385 e. The van der Waals surface area contributed by atoms with Crippen molar-refractivity contribution in [2.45, 2.75) is 50.2 Å². The van der Waals surface area contributed by atoms with E-state index in [1.54, 1.807) is 23.1 Å². The molecule has 2 amide bonds. The number of nitrogens with one attached hydrogen (secondary N) is 1. The van der Waals surface area contributed by atoms with E-state index in [2.05, 4.69) is 16.3 Å². The Bertz CT molecular complexity index is 1040. The zero-order chi connectivity index (χ0) is 24.1. The number of halogens is 2. The van der Waals surface area contributed by atoms with Gasteiger partial charge in [0.05, 0.1) is 17.2 Å². The van der Waals surface area contributed by atoms with Crippen LogP contribution < -0.4 is 5.32 Å². The highest BCUT2D eigenvalue weighted by Crippen LogP contribution is 2.39. The van der Waals surface area contributed by atoms with Crippen LogP contribution in [0.15, 0.2) is 42.5 Å². The quantitative estimate of drug-likeness (QED) is 0.650. The third-order valence-electron chi connectivity index (χ3n) is 6.98. The van der Waals surface area contributed by atoms with E-state index in [1.807, 2.05) is 6.07 Å². The minimum atomic E-state index is -1.05. The molecule has 2 aromatic rings. The summed E-state index contributed by atoms with van der Waals surface area (Å²) in [5, 5.41) is 23.1. The van der Waals surface area contributed by atoms with E-state index in [-0.39, 0.29) is 11.7 Å². The van der Waals surface area contributed by atoms with Crippen LogP contribution in [0.5, 0.6) is 0 Å². The topological polar surface area (TPSA) is 79.6 Å². The van der Waals surface area contributed by atoms with Gasteiger partial charge in [0, 0.05) is 30.9 Å². The smallest absolute Gasteiger partial charge is 0.322 e. The Hall–Kier alpha value is -3.02. The van der Waals surface area contributed by atoms with Crippen molar-refractivity contribution in [1.29, 1.82) is 5.26 Å². The van der Waals surface area contributed by atoms with Gasteiger partial charge in [0.25, 0.3) is 0 Å². The number of amides is 2.